The first-order valence-electron chi connectivity index (χ1n) is 12.3. The van der Waals surface area contributed by atoms with Gasteiger partial charge in [-0.3, -0.25) is 14.4 Å². The van der Waals surface area contributed by atoms with Gasteiger partial charge in [0.15, 0.2) is 0 Å². The first-order chi connectivity index (χ1) is 16.7. The Hall–Kier alpha value is -3.14. The number of carboxylic acid groups (broad SMARTS) is 1. The molecule has 4 unspecified atom stereocenters. The van der Waals surface area contributed by atoms with Crippen LogP contribution in [0.4, 0.5) is 0 Å². The molecule has 35 heavy (non-hydrogen) atoms. The zero-order valence-corrected chi connectivity index (χ0v) is 20.3. The molecule has 0 spiro atoms. The normalized spacial score (nSPS) is 21.5. The number of amides is 3. The summed E-state index contributed by atoms with van der Waals surface area (Å²) in [5.74, 6) is -2.08. The highest BCUT2D eigenvalue weighted by Crippen LogP contribution is 2.21. The number of phenolic OH excluding ortho intramolecular Hbond substituents is 1. The minimum absolute atomic E-state index is 0.0722. The van der Waals surface area contributed by atoms with Crippen molar-refractivity contribution in [2.75, 3.05) is 13.1 Å². The van der Waals surface area contributed by atoms with Gasteiger partial charge in [-0.2, -0.15) is 0 Å². The van der Waals surface area contributed by atoms with Crippen LogP contribution in [0.15, 0.2) is 24.3 Å². The number of nitrogens with one attached hydrogen (secondary N) is 3. The average molecular weight is 489 g/mol. The third-order valence-electron chi connectivity index (χ3n) is 6.53. The Kier molecular flexibility index (Phi) is 9.08. The van der Waals surface area contributed by atoms with Crippen LogP contribution in [0.1, 0.15) is 51.5 Å². The average Bonchev–Trinajstić information content (AvgIpc) is 3.51. The van der Waals surface area contributed by atoms with Gasteiger partial charge in [0, 0.05) is 13.0 Å². The summed E-state index contributed by atoms with van der Waals surface area (Å²) in [6, 6.07) is 3.26. The van der Waals surface area contributed by atoms with Crippen molar-refractivity contribution in [1.29, 1.82) is 0 Å². The standard InChI is InChI=1S/C25H36N4O6/c1-15(2)13-20(24(33)29-12-4-6-21(29)25(34)35)28-23(32)19(14-16-7-9-17(30)10-8-16)27-22(31)18-5-3-11-26-18/h7-10,15,18-21,26,30H,3-6,11-14H2,1-2H3,(H,27,31)(H,28,32)(H,34,35). The van der Waals surface area contributed by atoms with Gasteiger partial charge in [-0.15, -0.1) is 0 Å². The summed E-state index contributed by atoms with van der Waals surface area (Å²) in [7, 11) is 0. The molecule has 0 aromatic heterocycles. The first-order valence-corrected chi connectivity index (χ1v) is 12.3. The maximum absolute atomic E-state index is 13.4. The number of phenols is 1. The van der Waals surface area contributed by atoms with E-state index in [1.165, 1.54) is 17.0 Å². The Bertz CT molecular complexity index is 913. The zero-order valence-electron chi connectivity index (χ0n) is 20.3. The molecule has 5 N–H and O–H groups in total. The number of hydrogen-bond acceptors (Lipinski definition) is 6. The molecule has 4 atom stereocenters. The maximum Gasteiger partial charge on any atom is 0.326 e. The van der Waals surface area contributed by atoms with E-state index in [9.17, 15) is 29.4 Å². The topological polar surface area (TPSA) is 148 Å². The van der Waals surface area contributed by atoms with Gasteiger partial charge < -0.3 is 31.1 Å². The molecule has 192 valence electrons. The van der Waals surface area contributed by atoms with Crippen molar-refractivity contribution < 1.29 is 29.4 Å². The Morgan fingerprint density at radius 1 is 1.06 bits per heavy atom. The summed E-state index contributed by atoms with van der Waals surface area (Å²) in [4.78, 5) is 52.5. The lowest BCUT2D eigenvalue weighted by Crippen LogP contribution is -2.57. The summed E-state index contributed by atoms with van der Waals surface area (Å²) < 4.78 is 0. The number of likely N-dealkylation sites (tertiary alicyclic amines) is 1. The van der Waals surface area contributed by atoms with Crippen molar-refractivity contribution in [3.8, 4) is 5.75 Å². The molecule has 1 aromatic rings. The zero-order chi connectivity index (χ0) is 25.5. The number of rotatable bonds is 10. The van der Waals surface area contributed by atoms with Crippen molar-refractivity contribution in [2.45, 2.75) is 76.5 Å². The molecule has 10 nitrogen and oxygen atoms in total. The molecule has 1 aromatic carbocycles. The van der Waals surface area contributed by atoms with Crippen LogP contribution in [0.25, 0.3) is 0 Å². The van der Waals surface area contributed by atoms with E-state index >= 15 is 0 Å². The Balaban J connectivity index is 1.78. The van der Waals surface area contributed by atoms with E-state index in [0.29, 0.717) is 32.2 Å². The summed E-state index contributed by atoms with van der Waals surface area (Å²) in [5.41, 5.74) is 0.736. The fraction of sp³-hybridized carbons (Fsp3) is 0.600. The van der Waals surface area contributed by atoms with Gasteiger partial charge in [0.2, 0.25) is 17.7 Å². The monoisotopic (exact) mass is 488 g/mol. The maximum atomic E-state index is 13.4. The molecule has 0 saturated carbocycles. The van der Waals surface area contributed by atoms with Gasteiger partial charge in [-0.05, 0) is 62.3 Å². The molecule has 0 radical (unpaired) electrons. The van der Waals surface area contributed by atoms with Crippen molar-refractivity contribution in [2.24, 2.45) is 5.92 Å². The van der Waals surface area contributed by atoms with Gasteiger partial charge >= 0.3 is 5.97 Å². The minimum Gasteiger partial charge on any atom is -0.508 e. The summed E-state index contributed by atoms with van der Waals surface area (Å²) >= 11 is 0. The quantitative estimate of drug-likeness (QED) is 0.327. The summed E-state index contributed by atoms with van der Waals surface area (Å²) in [5, 5.41) is 27.8. The predicted octanol–water partition coefficient (Wildman–Crippen LogP) is 0.778. The largest absolute Gasteiger partial charge is 0.508 e. The molecule has 10 heteroatoms. The smallest absolute Gasteiger partial charge is 0.326 e. The number of hydrogen-bond donors (Lipinski definition) is 5. The van der Waals surface area contributed by atoms with Crippen LogP contribution in [-0.2, 0) is 25.6 Å². The molecule has 3 amide bonds. The van der Waals surface area contributed by atoms with Gasteiger partial charge in [-0.1, -0.05) is 26.0 Å². The van der Waals surface area contributed by atoms with E-state index in [2.05, 4.69) is 16.0 Å². The van der Waals surface area contributed by atoms with Crippen LogP contribution in [0.5, 0.6) is 5.75 Å². The molecular formula is C25H36N4O6. The summed E-state index contributed by atoms with van der Waals surface area (Å²) in [6.45, 7) is 4.92. The molecule has 0 aliphatic carbocycles. The fourth-order valence-electron chi connectivity index (χ4n) is 4.71. The molecule has 2 saturated heterocycles. The van der Waals surface area contributed by atoms with E-state index in [4.69, 9.17) is 0 Å². The number of aromatic hydroxyl groups is 1. The van der Waals surface area contributed by atoms with E-state index in [-0.39, 0.29) is 30.0 Å². The molecule has 3 rings (SSSR count). The number of carbonyl (C=O) groups is 4. The highest BCUT2D eigenvalue weighted by atomic mass is 16.4. The van der Waals surface area contributed by atoms with E-state index in [1.54, 1.807) is 12.1 Å². The third-order valence-corrected chi connectivity index (χ3v) is 6.53. The van der Waals surface area contributed by atoms with Gasteiger partial charge in [-0.25, -0.2) is 4.79 Å². The van der Waals surface area contributed by atoms with Crippen molar-refractivity contribution in [3.63, 3.8) is 0 Å². The number of nitrogens with zero attached hydrogens (tertiary/aromatic N) is 1. The van der Waals surface area contributed by atoms with Gasteiger partial charge in [0.1, 0.15) is 23.9 Å². The highest BCUT2D eigenvalue weighted by molar-refractivity contribution is 5.94. The number of carboxylic acids is 1. The second-order valence-electron chi connectivity index (χ2n) is 9.80. The lowest BCUT2D eigenvalue weighted by atomic mass is 10.00. The minimum atomic E-state index is -1.05. The number of aliphatic carboxylic acids is 1. The lowest BCUT2D eigenvalue weighted by Gasteiger charge is -2.30. The number of benzene rings is 1. The fourth-order valence-corrected chi connectivity index (χ4v) is 4.71. The van der Waals surface area contributed by atoms with Crippen molar-refractivity contribution in [1.82, 2.24) is 20.9 Å². The van der Waals surface area contributed by atoms with E-state index in [0.717, 1.165) is 18.5 Å². The highest BCUT2D eigenvalue weighted by Gasteiger charge is 2.38. The SMILES string of the molecule is CC(C)CC(NC(=O)C(Cc1ccc(O)cc1)NC(=O)C1CCCN1)C(=O)N1CCCC1C(=O)O. The first kappa shape index (κ1) is 26.5. The molecule has 2 aliphatic heterocycles. The van der Waals surface area contributed by atoms with Crippen LogP contribution in [0.2, 0.25) is 0 Å². The summed E-state index contributed by atoms with van der Waals surface area (Å²) in [6.07, 6.45) is 3.06. The molecule has 0 bridgehead atoms. The van der Waals surface area contributed by atoms with Crippen LogP contribution in [0, 0.1) is 5.92 Å². The Labute approximate surface area is 205 Å². The van der Waals surface area contributed by atoms with Crippen LogP contribution >= 0.6 is 0 Å². The van der Waals surface area contributed by atoms with Crippen LogP contribution in [-0.4, -0.2) is 76.1 Å². The number of carbonyl (C=O) groups excluding carboxylic acids is 3. The Morgan fingerprint density at radius 2 is 1.77 bits per heavy atom. The second kappa shape index (κ2) is 12.0. The van der Waals surface area contributed by atoms with E-state index in [1.807, 2.05) is 13.8 Å². The van der Waals surface area contributed by atoms with Gasteiger partial charge in [0.05, 0.1) is 6.04 Å². The van der Waals surface area contributed by atoms with Crippen LogP contribution in [0.3, 0.4) is 0 Å². The molecule has 2 fully saturated rings. The lowest BCUT2D eigenvalue weighted by molar-refractivity contribution is -0.149. The van der Waals surface area contributed by atoms with Crippen molar-refractivity contribution >= 4 is 23.7 Å². The van der Waals surface area contributed by atoms with E-state index < -0.39 is 35.9 Å². The third kappa shape index (κ3) is 7.17. The van der Waals surface area contributed by atoms with Crippen molar-refractivity contribution in [3.05, 3.63) is 29.8 Å². The molecule has 2 heterocycles. The molecular weight excluding hydrogens is 452 g/mol. The molecule has 2 aliphatic rings. The van der Waals surface area contributed by atoms with Crippen LogP contribution < -0.4 is 16.0 Å². The second-order valence-corrected chi connectivity index (χ2v) is 9.80. The Morgan fingerprint density at radius 3 is 2.37 bits per heavy atom. The predicted molar refractivity (Wildman–Crippen MR) is 129 cm³/mol. The van der Waals surface area contributed by atoms with Gasteiger partial charge in [0.25, 0.3) is 0 Å².